The van der Waals surface area contributed by atoms with Gasteiger partial charge >= 0.3 is 0 Å². The van der Waals surface area contributed by atoms with Gasteiger partial charge in [0.1, 0.15) is 12.4 Å². The van der Waals surface area contributed by atoms with Crippen molar-refractivity contribution < 1.29 is 22.3 Å². The van der Waals surface area contributed by atoms with E-state index in [4.69, 9.17) is 4.74 Å². The lowest BCUT2D eigenvalue weighted by Crippen LogP contribution is -2.37. The molecule has 1 aromatic carbocycles. The monoisotopic (exact) mass is 395 g/mol. The smallest absolute Gasteiger partial charge is 0.267 e. The molecule has 0 spiro atoms. The van der Waals surface area contributed by atoms with Crippen LogP contribution in [0.3, 0.4) is 0 Å². The molecule has 0 saturated carbocycles. The number of nitrogens with zero attached hydrogens (tertiary/aromatic N) is 2. The number of hydrogen-bond acceptors (Lipinski definition) is 6. The molecule has 1 aromatic heterocycles. The zero-order valence-electron chi connectivity index (χ0n) is 14.3. The third-order valence-electron chi connectivity index (χ3n) is 4.07. The molecule has 1 fully saturated rings. The number of rotatable bonds is 6. The Morgan fingerprint density at radius 2 is 2.15 bits per heavy atom. The highest BCUT2D eigenvalue weighted by Gasteiger charge is 2.22. The standard InChI is InChI=1S/C17H18FN3O5S/c18-12-3-1-5-14(9-12)27(24,25)16-6-7-17(23)21(20-16)11-15(22)19-10-13-4-2-8-26-13/h1,3,5-7,9,13H,2,4,8,10-11H2,(H,19,22)/t13-/m0/s1. The number of amides is 1. The van der Waals surface area contributed by atoms with Crippen molar-refractivity contribution in [3.63, 3.8) is 0 Å². The van der Waals surface area contributed by atoms with Gasteiger partial charge in [-0.3, -0.25) is 9.59 Å². The lowest BCUT2D eigenvalue weighted by molar-refractivity contribution is -0.122. The van der Waals surface area contributed by atoms with Crippen molar-refractivity contribution in [1.29, 1.82) is 0 Å². The van der Waals surface area contributed by atoms with Crippen LogP contribution in [-0.2, 0) is 25.9 Å². The van der Waals surface area contributed by atoms with Gasteiger partial charge in [-0.05, 0) is 37.1 Å². The Hall–Kier alpha value is -2.59. The highest BCUT2D eigenvalue weighted by molar-refractivity contribution is 7.91. The molecule has 2 aromatic rings. The van der Waals surface area contributed by atoms with Crippen LogP contribution < -0.4 is 10.9 Å². The van der Waals surface area contributed by atoms with E-state index in [9.17, 15) is 22.4 Å². The first-order chi connectivity index (χ1) is 12.9. The van der Waals surface area contributed by atoms with Gasteiger partial charge < -0.3 is 10.1 Å². The summed E-state index contributed by atoms with van der Waals surface area (Å²) in [6, 6.07) is 6.50. The fourth-order valence-electron chi connectivity index (χ4n) is 2.67. The lowest BCUT2D eigenvalue weighted by Gasteiger charge is -2.11. The van der Waals surface area contributed by atoms with Crippen LogP contribution in [0, 0.1) is 5.82 Å². The molecular formula is C17H18FN3O5S. The number of aromatic nitrogens is 2. The Morgan fingerprint density at radius 1 is 1.33 bits per heavy atom. The van der Waals surface area contributed by atoms with Gasteiger partial charge in [0.05, 0.1) is 11.0 Å². The third-order valence-corrected chi connectivity index (χ3v) is 5.71. The minimum Gasteiger partial charge on any atom is -0.376 e. The van der Waals surface area contributed by atoms with E-state index in [1.165, 1.54) is 12.1 Å². The molecule has 8 nitrogen and oxygen atoms in total. The van der Waals surface area contributed by atoms with Crippen molar-refractivity contribution in [1.82, 2.24) is 15.1 Å². The summed E-state index contributed by atoms with van der Waals surface area (Å²) >= 11 is 0. The maximum Gasteiger partial charge on any atom is 0.267 e. The van der Waals surface area contributed by atoms with Crippen molar-refractivity contribution in [2.45, 2.75) is 35.4 Å². The van der Waals surface area contributed by atoms with Crippen LogP contribution in [0.15, 0.2) is 51.1 Å². The zero-order chi connectivity index (χ0) is 19.4. The van der Waals surface area contributed by atoms with Crippen LogP contribution in [0.2, 0.25) is 0 Å². The van der Waals surface area contributed by atoms with Crippen LogP contribution in [0.25, 0.3) is 0 Å². The SMILES string of the molecule is O=C(Cn1nc(S(=O)(=O)c2cccc(F)c2)ccc1=O)NC[C@@H]1CCCO1. The van der Waals surface area contributed by atoms with Gasteiger partial charge in [0.25, 0.3) is 5.56 Å². The predicted octanol–water partition coefficient (Wildman–Crippen LogP) is 0.510. The molecule has 1 atom stereocenters. The summed E-state index contributed by atoms with van der Waals surface area (Å²) in [7, 11) is -4.12. The minimum absolute atomic E-state index is 0.0571. The number of carbonyl (C=O) groups is 1. The molecule has 0 aliphatic carbocycles. The summed E-state index contributed by atoms with van der Waals surface area (Å²) in [5, 5.41) is 5.96. The molecule has 3 rings (SSSR count). The van der Waals surface area contributed by atoms with Gasteiger partial charge in [0.2, 0.25) is 15.7 Å². The van der Waals surface area contributed by atoms with Crippen molar-refractivity contribution in [3.8, 4) is 0 Å². The van der Waals surface area contributed by atoms with Gasteiger partial charge in [-0.25, -0.2) is 17.5 Å². The van der Waals surface area contributed by atoms with E-state index in [1.54, 1.807) is 0 Å². The van der Waals surface area contributed by atoms with E-state index in [0.717, 1.165) is 41.8 Å². The lowest BCUT2D eigenvalue weighted by atomic mass is 10.2. The highest BCUT2D eigenvalue weighted by atomic mass is 32.2. The topological polar surface area (TPSA) is 107 Å². The normalized spacial score (nSPS) is 17.0. The summed E-state index contributed by atoms with van der Waals surface area (Å²) in [5.41, 5.74) is -0.625. The first-order valence-corrected chi connectivity index (χ1v) is 9.82. The van der Waals surface area contributed by atoms with Gasteiger partial charge in [-0.15, -0.1) is 0 Å². The van der Waals surface area contributed by atoms with Crippen LogP contribution >= 0.6 is 0 Å². The molecule has 1 N–H and O–H groups in total. The number of nitrogens with one attached hydrogen (secondary N) is 1. The summed E-state index contributed by atoms with van der Waals surface area (Å²) in [6.45, 7) is 0.536. The average Bonchev–Trinajstić information content (AvgIpc) is 3.15. The van der Waals surface area contributed by atoms with E-state index in [0.29, 0.717) is 13.2 Å². The highest BCUT2D eigenvalue weighted by Crippen LogP contribution is 2.18. The fourth-order valence-corrected chi connectivity index (χ4v) is 3.89. The van der Waals surface area contributed by atoms with Gasteiger partial charge in [0.15, 0.2) is 5.03 Å². The number of hydrogen-bond donors (Lipinski definition) is 1. The van der Waals surface area contributed by atoms with Crippen molar-refractivity contribution in [2.24, 2.45) is 0 Å². The largest absolute Gasteiger partial charge is 0.376 e. The van der Waals surface area contributed by atoms with E-state index < -0.39 is 38.7 Å². The summed E-state index contributed by atoms with van der Waals surface area (Å²) in [4.78, 5) is 23.7. The summed E-state index contributed by atoms with van der Waals surface area (Å²) in [5.74, 6) is -1.20. The molecule has 2 heterocycles. The molecule has 0 radical (unpaired) electrons. The number of carbonyl (C=O) groups excluding carboxylic acids is 1. The van der Waals surface area contributed by atoms with Crippen LogP contribution in [0.5, 0.6) is 0 Å². The maximum atomic E-state index is 13.3. The quantitative estimate of drug-likeness (QED) is 0.764. The van der Waals surface area contributed by atoms with Gasteiger partial charge in [-0.1, -0.05) is 6.07 Å². The van der Waals surface area contributed by atoms with Gasteiger partial charge in [0, 0.05) is 19.2 Å². The van der Waals surface area contributed by atoms with Crippen LogP contribution in [-0.4, -0.2) is 43.4 Å². The van der Waals surface area contributed by atoms with E-state index in [1.807, 2.05) is 0 Å². The molecule has 0 unspecified atom stereocenters. The van der Waals surface area contributed by atoms with Crippen molar-refractivity contribution in [3.05, 3.63) is 52.6 Å². The molecule has 1 aliphatic rings. The molecule has 10 heteroatoms. The van der Waals surface area contributed by atoms with Gasteiger partial charge in [-0.2, -0.15) is 5.10 Å². The van der Waals surface area contributed by atoms with Crippen LogP contribution in [0.4, 0.5) is 4.39 Å². The number of ether oxygens (including phenoxy) is 1. The molecular weight excluding hydrogens is 377 g/mol. The first kappa shape index (κ1) is 19.2. The first-order valence-electron chi connectivity index (χ1n) is 8.33. The minimum atomic E-state index is -4.12. The molecule has 1 saturated heterocycles. The number of benzene rings is 1. The Bertz CT molecular complexity index is 1000. The average molecular weight is 395 g/mol. The maximum absolute atomic E-state index is 13.3. The molecule has 27 heavy (non-hydrogen) atoms. The number of halogens is 1. The Labute approximate surface area is 154 Å². The summed E-state index contributed by atoms with van der Waals surface area (Å²) in [6.07, 6.45) is 1.72. The molecule has 0 bridgehead atoms. The number of sulfone groups is 1. The fraction of sp³-hybridized carbons (Fsp3) is 0.353. The van der Waals surface area contributed by atoms with Crippen LogP contribution in [0.1, 0.15) is 12.8 Å². The van der Waals surface area contributed by atoms with E-state index in [-0.39, 0.29) is 11.0 Å². The zero-order valence-corrected chi connectivity index (χ0v) is 15.1. The molecule has 144 valence electrons. The summed E-state index contributed by atoms with van der Waals surface area (Å²) < 4.78 is 44.6. The molecule has 1 aliphatic heterocycles. The Balaban J connectivity index is 1.77. The predicted molar refractivity (Wildman–Crippen MR) is 92.3 cm³/mol. The van der Waals surface area contributed by atoms with Crippen molar-refractivity contribution in [2.75, 3.05) is 13.2 Å². The second-order valence-corrected chi connectivity index (χ2v) is 7.96. The molecule has 1 amide bonds. The Kier molecular flexibility index (Phi) is 5.66. The third kappa shape index (κ3) is 4.58. The second kappa shape index (κ2) is 7.97. The van der Waals surface area contributed by atoms with Crippen molar-refractivity contribution >= 4 is 15.7 Å². The van der Waals surface area contributed by atoms with E-state index in [2.05, 4.69) is 10.4 Å². The Morgan fingerprint density at radius 3 is 2.85 bits per heavy atom. The second-order valence-electron chi connectivity index (χ2n) is 6.07. The van der Waals surface area contributed by atoms with E-state index >= 15 is 0 Å².